The van der Waals surface area contributed by atoms with Crippen LogP contribution in [0.15, 0.2) is 35.3 Å². The van der Waals surface area contributed by atoms with Gasteiger partial charge in [-0.3, -0.25) is 0 Å². The van der Waals surface area contributed by atoms with Crippen molar-refractivity contribution in [3.8, 4) is 5.75 Å². The number of alkyl halides is 2. The number of unbranched alkanes of at least 4 members (excludes halogenated alkanes) is 2. The molecule has 0 amide bonds. The van der Waals surface area contributed by atoms with Crippen molar-refractivity contribution in [1.29, 1.82) is 0 Å². The Labute approximate surface area is 270 Å². The smallest absolute Gasteiger partial charge is 0.400 e. The maximum Gasteiger partial charge on any atom is 0.400 e. The lowest BCUT2D eigenvalue weighted by atomic mass is 9.68. The van der Waals surface area contributed by atoms with Gasteiger partial charge in [0.2, 0.25) is 0 Å². The number of hydrogen-bond acceptors (Lipinski definition) is 3. The number of rotatable bonds is 11. The van der Waals surface area contributed by atoms with E-state index in [1.165, 1.54) is 38.5 Å². The summed E-state index contributed by atoms with van der Waals surface area (Å²) in [5.41, 5.74) is 1.31. The Morgan fingerprint density at radius 1 is 0.778 bits per heavy atom. The molecular formula is C37H46F5NOS. The molecule has 0 spiro atoms. The van der Waals surface area contributed by atoms with Crippen molar-refractivity contribution in [2.45, 2.75) is 128 Å². The molecule has 0 aromatic heterocycles. The van der Waals surface area contributed by atoms with Crippen molar-refractivity contribution in [3.05, 3.63) is 58.9 Å². The summed E-state index contributed by atoms with van der Waals surface area (Å²) in [5, 5.41) is 1.87. The van der Waals surface area contributed by atoms with Gasteiger partial charge >= 0.3 is 6.11 Å². The lowest BCUT2D eigenvalue weighted by molar-refractivity contribution is -0.224. The summed E-state index contributed by atoms with van der Waals surface area (Å²) in [5.74, 6) is -1.63. The van der Waals surface area contributed by atoms with Crippen LogP contribution in [0.1, 0.15) is 133 Å². The van der Waals surface area contributed by atoms with Gasteiger partial charge in [-0.25, -0.2) is 13.2 Å². The van der Waals surface area contributed by atoms with Gasteiger partial charge in [0.1, 0.15) is 17.3 Å². The monoisotopic (exact) mass is 647 g/mol. The molecule has 3 aliphatic rings. The highest BCUT2D eigenvalue weighted by molar-refractivity contribution is 7.78. The molecule has 0 atom stereocenters. The second-order valence-electron chi connectivity index (χ2n) is 13.8. The van der Waals surface area contributed by atoms with Gasteiger partial charge < -0.3 is 4.74 Å². The summed E-state index contributed by atoms with van der Waals surface area (Å²) in [6, 6.07) is 7.40. The molecule has 3 aliphatic carbocycles. The van der Waals surface area contributed by atoms with Gasteiger partial charge in [0.05, 0.1) is 11.1 Å². The molecular weight excluding hydrogens is 601 g/mol. The predicted molar refractivity (Wildman–Crippen MR) is 172 cm³/mol. The molecule has 5 rings (SSSR count). The molecule has 0 heterocycles. The van der Waals surface area contributed by atoms with Crippen LogP contribution < -0.4 is 4.74 Å². The minimum Gasteiger partial charge on any atom is -0.432 e. The van der Waals surface area contributed by atoms with Crippen molar-refractivity contribution in [2.24, 2.45) is 28.7 Å². The van der Waals surface area contributed by atoms with Crippen LogP contribution >= 0.6 is 12.2 Å². The zero-order valence-corrected chi connectivity index (χ0v) is 27.1. The molecule has 2 nitrogen and oxygen atoms in total. The van der Waals surface area contributed by atoms with Gasteiger partial charge in [0.25, 0.3) is 0 Å². The first kappa shape index (κ1) is 34.0. The van der Waals surface area contributed by atoms with E-state index in [-0.39, 0.29) is 24.6 Å². The Bertz CT molecular complexity index is 1300. The van der Waals surface area contributed by atoms with Gasteiger partial charge in [-0.2, -0.15) is 13.8 Å². The summed E-state index contributed by atoms with van der Waals surface area (Å²) < 4.78 is 78.5. The molecule has 3 fully saturated rings. The van der Waals surface area contributed by atoms with Crippen LogP contribution in [0.2, 0.25) is 0 Å². The van der Waals surface area contributed by atoms with Crippen LogP contribution in [0.5, 0.6) is 5.75 Å². The first-order valence-corrected chi connectivity index (χ1v) is 17.5. The molecule has 2 aromatic carbocycles. The van der Waals surface area contributed by atoms with Crippen molar-refractivity contribution in [2.75, 3.05) is 0 Å². The van der Waals surface area contributed by atoms with E-state index < -0.39 is 35.1 Å². The zero-order valence-electron chi connectivity index (χ0n) is 26.3. The molecule has 0 bridgehead atoms. The minimum atomic E-state index is -3.55. The number of nitrogens with zero attached hydrogens (tertiary/aromatic N) is 1. The predicted octanol–water partition coefficient (Wildman–Crippen LogP) is 12.4. The van der Waals surface area contributed by atoms with Gasteiger partial charge in [0, 0.05) is 12.1 Å². The molecule has 0 radical (unpaired) electrons. The Balaban J connectivity index is 1.08. The van der Waals surface area contributed by atoms with E-state index >= 15 is 13.2 Å². The lowest BCUT2D eigenvalue weighted by Gasteiger charge is -2.39. The minimum absolute atomic E-state index is 0.0652. The quantitative estimate of drug-likeness (QED) is 0.105. The first-order valence-electron chi connectivity index (χ1n) is 17.1. The fraction of sp³-hybridized carbons (Fsp3) is 0.649. The second kappa shape index (κ2) is 15.5. The van der Waals surface area contributed by atoms with Crippen molar-refractivity contribution < 1.29 is 26.7 Å². The zero-order chi connectivity index (χ0) is 32.0. The van der Waals surface area contributed by atoms with Crippen LogP contribution in [0.25, 0.3) is 0 Å². The van der Waals surface area contributed by atoms with Crippen LogP contribution in [0.3, 0.4) is 0 Å². The molecule has 45 heavy (non-hydrogen) atoms. The van der Waals surface area contributed by atoms with E-state index in [2.05, 4.69) is 30.2 Å². The molecule has 2 aromatic rings. The molecule has 3 saturated carbocycles. The van der Waals surface area contributed by atoms with Crippen molar-refractivity contribution >= 4 is 23.1 Å². The third kappa shape index (κ3) is 8.54. The largest absolute Gasteiger partial charge is 0.432 e. The van der Waals surface area contributed by atoms with Gasteiger partial charge in [0.15, 0.2) is 11.6 Å². The Hall–Kier alpha value is -2.31. The highest BCUT2D eigenvalue weighted by atomic mass is 32.1. The van der Waals surface area contributed by atoms with Gasteiger partial charge in [-0.05, 0) is 136 Å². The normalized spacial score (nSPS) is 27.5. The summed E-state index contributed by atoms with van der Waals surface area (Å²) >= 11 is 4.37. The van der Waals surface area contributed by atoms with Crippen LogP contribution in [-0.4, -0.2) is 11.3 Å². The number of hydrogen-bond donors (Lipinski definition) is 0. The third-order valence-corrected chi connectivity index (χ3v) is 11.2. The summed E-state index contributed by atoms with van der Waals surface area (Å²) in [6.07, 6.45) is 12.2. The fourth-order valence-electron chi connectivity index (χ4n) is 8.42. The third-order valence-electron chi connectivity index (χ3n) is 11.1. The van der Waals surface area contributed by atoms with Crippen LogP contribution in [0, 0.1) is 41.1 Å². The lowest BCUT2D eigenvalue weighted by Crippen LogP contribution is -2.38. The standard InChI is InChI=1S/C37H46F5NOS/c1-2-3-4-5-24-6-8-27(9-7-24)29-16-19-32(33(38)20-29)28-12-10-25(11-13-28)26-14-17-30(18-15-26)37(41,42)44-31-21-34(39)36(43-23-45)35(40)22-31/h16,19-22,24-28,30H,2-15,17-18H2,1H3. The highest BCUT2D eigenvalue weighted by Crippen LogP contribution is 2.48. The highest BCUT2D eigenvalue weighted by Gasteiger charge is 2.45. The van der Waals surface area contributed by atoms with E-state index in [1.54, 1.807) is 6.07 Å². The fourth-order valence-corrected chi connectivity index (χ4v) is 8.51. The summed E-state index contributed by atoms with van der Waals surface area (Å²) in [6.45, 7) is 2.25. The Morgan fingerprint density at radius 2 is 1.38 bits per heavy atom. The van der Waals surface area contributed by atoms with Crippen LogP contribution in [0.4, 0.5) is 27.6 Å². The number of isothiocyanates is 1. The number of halogens is 5. The van der Waals surface area contributed by atoms with Gasteiger partial charge in [-0.1, -0.05) is 44.7 Å². The number of benzene rings is 2. The molecule has 246 valence electrons. The van der Waals surface area contributed by atoms with Gasteiger partial charge in [-0.15, -0.1) is 0 Å². The molecule has 0 aliphatic heterocycles. The van der Waals surface area contributed by atoms with E-state index in [9.17, 15) is 8.78 Å². The van der Waals surface area contributed by atoms with Crippen molar-refractivity contribution in [3.63, 3.8) is 0 Å². The molecule has 8 heteroatoms. The Kier molecular flexibility index (Phi) is 11.7. The van der Waals surface area contributed by atoms with Crippen molar-refractivity contribution in [1.82, 2.24) is 0 Å². The van der Waals surface area contributed by atoms with E-state index in [4.69, 9.17) is 4.74 Å². The summed E-state index contributed by atoms with van der Waals surface area (Å²) in [7, 11) is 0. The number of ether oxygens (including phenoxy) is 1. The first-order chi connectivity index (χ1) is 21.7. The van der Waals surface area contributed by atoms with E-state index in [1.807, 2.05) is 11.2 Å². The molecule has 0 saturated heterocycles. The summed E-state index contributed by atoms with van der Waals surface area (Å²) in [4.78, 5) is 3.30. The molecule has 0 unspecified atom stereocenters. The SMILES string of the molecule is CCCCCC1CCC(c2ccc(C3CCC(C4CCC(C(F)(F)Oc5cc(F)c(N=C=S)c(F)c5)CC4)CC3)c(F)c2)CC1. The number of thiocarbonyl (C=S) groups is 1. The molecule has 0 N–H and O–H groups in total. The average Bonchev–Trinajstić information content (AvgIpc) is 3.03. The van der Waals surface area contributed by atoms with E-state index in [0.717, 1.165) is 55.6 Å². The Morgan fingerprint density at radius 3 is 1.96 bits per heavy atom. The number of aliphatic imine (C=N–C) groups is 1. The maximum atomic E-state index is 15.4. The second-order valence-corrected chi connectivity index (χ2v) is 14.0. The van der Waals surface area contributed by atoms with Crippen LogP contribution in [-0.2, 0) is 0 Å². The average molecular weight is 648 g/mol. The van der Waals surface area contributed by atoms with E-state index in [0.29, 0.717) is 42.7 Å². The maximum absolute atomic E-state index is 15.4. The topological polar surface area (TPSA) is 21.6 Å².